The van der Waals surface area contributed by atoms with Gasteiger partial charge in [0.05, 0.1) is 22.6 Å². The summed E-state index contributed by atoms with van der Waals surface area (Å²) in [7, 11) is 0. The van der Waals surface area contributed by atoms with Crippen LogP contribution in [0.4, 0.5) is 33.2 Å². The van der Waals surface area contributed by atoms with Crippen LogP contribution in [0.3, 0.4) is 0 Å². The Kier molecular flexibility index (Phi) is 6.05. The average molecular weight is 464 g/mol. The van der Waals surface area contributed by atoms with E-state index in [1.807, 2.05) is 91.1 Å². The van der Waals surface area contributed by atoms with Crippen LogP contribution in [0.2, 0.25) is 0 Å². The number of benzene rings is 3. The highest BCUT2D eigenvalue weighted by molar-refractivity contribution is 6.35. The van der Waals surface area contributed by atoms with Gasteiger partial charge in [0, 0.05) is 28.8 Å². The van der Waals surface area contributed by atoms with Crippen LogP contribution in [-0.2, 0) is 11.2 Å². The number of carbonyl (C=O) groups excluding carboxylic acids is 2. The van der Waals surface area contributed by atoms with Gasteiger partial charge in [-0.3, -0.25) is 4.79 Å². The van der Waals surface area contributed by atoms with E-state index >= 15 is 0 Å². The van der Waals surface area contributed by atoms with Gasteiger partial charge in [-0.05, 0) is 66.6 Å². The van der Waals surface area contributed by atoms with Crippen LogP contribution >= 0.6 is 0 Å². The standard InChI is InChI=1S/C28H25N5O2/c1-2-18-7-5-8-20(15-18)31-28(35)33-25-11-4-3-10-24(25)30-21-12-13-22-23(16-19-9-6-14-29-19)27(34)32-26(22)17-21/h3-17,29-30H,2H2,1H3,(H,32,34)(H2,31,33,35). The largest absolute Gasteiger partial charge is 0.362 e. The lowest BCUT2D eigenvalue weighted by Gasteiger charge is -2.14. The van der Waals surface area contributed by atoms with Crippen LogP contribution in [0.25, 0.3) is 11.6 Å². The van der Waals surface area contributed by atoms with Crippen LogP contribution in [0.5, 0.6) is 0 Å². The zero-order chi connectivity index (χ0) is 24.2. The third-order valence-electron chi connectivity index (χ3n) is 5.77. The van der Waals surface area contributed by atoms with Gasteiger partial charge < -0.3 is 26.3 Å². The topological polar surface area (TPSA) is 98.0 Å². The lowest BCUT2D eigenvalue weighted by molar-refractivity contribution is -0.110. The molecule has 0 unspecified atom stereocenters. The van der Waals surface area contributed by atoms with E-state index in [4.69, 9.17) is 0 Å². The van der Waals surface area contributed by atoms with Gasteiger partial charge in [0.25, 0.3) is 5.91 Å². The van der Waals surface area contributed by atoms with E-state index < -0.39 is 0 Å². The van der Waals surface area contributed by atoms with E-state index in [2.05, 4.69) is 33.2 Å². The van der Waals surface area contributed by atoms with Crippen LogP contribution in [0, 0.1) is 0 Å². The van der Waals surface area contributed by atoms with E-state index in [1.54, 1.807) is 0 Å². The van der Waals surface area contributed by atoms with E-state index in [9.17, 15) is 9.59 Å². The third-order valence-corrected chi connectivity index (χ3v) is 5.77. The van der Waals surface area contributed by atoms with Gasteiger partial charge in [-0.2, -0.15) is 0 Å². The number of amides is 3. The summed E-state index contributed by atoms with van der Waals surface area (Å²) in [6.45, 7) is 2.07. The lowest BCUT2D eigenvalue weighted by atomic mass is 10.1. The molecule has 5 N–H and O–H groups in total. The summed E-state index contributed by atoms with van der Waals surface area (Å²) < 4.78 is 0. The zero-order valence-electron chi connectivity index (χ0n) is 19.2. The molecule has 1 aliphatic heterocycles. The molecule has 0 atom stereocenters. The minimum absolute atomic E-state index is 0.141. The molecule has 7 heteroatoms. The van der Waals surface area contributed by atoms with Crippen molar-refractivity contribution in [1.82, 2.24) is 4.98 Å². The van der Waals surface area contributed by atoms with Crippen molar-refractivity contribution >= 4 is 52.0 Å². The molecule has 0 saturated heterocycles. The Morgan fingerprint density at radius 2 is 1.74 bits per heavy atom. The van der Waals surface area contributed by atoms with Gasteiger partial charge in [-0.1, -0.05) is 37.3 Å². The van der Waals surface area contributed by atoms with Crippen LogP contribution in [0.1, 0.15) is 23.7 Å². The fourth-order valence-corrected chi connectivity index (χ4v) is 4.02. The van der Waals surface area contributed by atoms with Crippen LogP contribution in [0.15, 0.2) is 85.1 Å². The number of hydrogen-bond acceptors (Lipinski definition) is 3. The Balaban J connectivity index is 1.32. The van der Waals surface area contributed by atoms with Gasteiger partial charge in [-0.15, -0.1) is 0 Å². The van der Waals surface area contributed by atoms with Crippen molar-refractivity contribution in [3.05, 3.63) is 102 Å². The molecule has 0 spiro atoms. The van der Waals surface area contributed by atoms with Gasteiger partial charge in [0.2, 0.25) is 0 Å². The van der Waals surface area contributed by atoms with Gasteiger partial charge in [0.1, 0.15) is 0 Å². The number of aryl methyl sites for hydroxylation is 1. The van der Waals surface area contributed by atoms with Crippen LogP contribution in [-0.4, -0.2) is 16.9 Å². The predicted molar refractivity (Wildman–Crippen MR) is 142 cm³/mol. The first-order valence-electron chi connectivity index (χ1n) is 11.4. The van der Waals surface area contributed by atoms with Gasteiger partial charge in [-0.25, -0.2) is 4.79 Å². The van der Waals surface area contributed by atoms with E-state index in [0.29, 0.717) is 11.3 Å². The van der Waals surface area contributed by atoms with Crippen molar-refractivity contribution in [2.24, 2.45) is 0 Å². The molecule has 4 aromatic rings. The number of rotatable bonds is 6. The highest BCUT2D eigenvalue weighted by Gasteiger charge is 2.24. The fourth-order valence-electron chi connectivity index (χ4n) is 4.02. The second kappa shape index (κ2) is 9.61. The normalized spacial score (nSPS) is 13.3. The molecule has 3 aromatic carbocycles. The number of hydrogen-bond donors (Lipinski definition) is 5. The maximum atomic E-state index is 12.6. The Morgan fingerprint density at radius 3 is 2.54 bits per heavy atom. The number of aromatic nitrogens is 1. The summed E-state index contributed by atoms with van der Waals surface area (Å²) in [5, 5.41) is 12.1. The average Bonchev–Trinajstić information content (AvgIpc) is 3.48. The number of nitrogens with one attached hydrogen (secondary N) is 5. The highest BCUT2D eigenvalue weighted by Crippen LogP contribution is 2.36. The highest BCUT2D eigenvalue weighted by atomic mass is 16.2. The zero-order valence-corrected chi connectivity index (χ0v) is 19.2. The fraction of sp³-hybridized carbons (Fsp3) is 0.0714. The summed E-state index contributed by atoms with van der Waals surface area (Å²) in [6, 6.07) is 24.4. The van der Waals surface area contributed by atoms with E-state index in [0.717, 1.165) is 46.0 Å². The van der Waals surface area contributed by atoms with Crippen molar-refractivity contribution in [2.75, 3.05) is 21.3 Å². The molecule has 1 aliphatic rings. The maximum Gasteiger partial charge on any atom is 0.323 e. The second-order valence-electron chi connectivity index (χ2n) is 8.20. The summed E-state index contributed by atoms with van der Waals surface area (Å²) >= 11 is 0. The number of H-pyrrole nitrogens is 1. The molecule has 5 rings (SSSR count). The third kappa shape index (κ3) is 4.94. The Hall–Kier alpha value is -4.78. The molecule has 3 amide bonds. The molecule has 0 fully saturated rings. The molecule has 35 heavy (non-hydrogen) atoms. The first-order chi connectivity index (χ1) is 17.1. The second-order valence-corrected chi connectivity index (χ2v) is 8.20. The number of carbonyl (C=O) groups is 2. The molecule has 1 aromatic heterocycles. The van der Waals surface area contributed by atoms with E-state index in [1.165, 1.54) is 0 Å². The molecule has 174 valence electrons. The molecule has 0 aliphatic carbocycles. The lowest BCUT2D eigenvalue weighted by Crippen LogP contribution is -2.20. The molecular formula is C28H25N5O2. The Labute approximate surface area is 203 Å². The Bertz CT molecular complexity index is 1420. The summed E-state index contributed by atoms with van der Waals surface area (Å²) in [4.78, 5) is 28.3. The van der Waals surface area contributed by atoms with Gasteiger partial charge >= 0.3 is 6.03 Å². The van der Waals surface area contributed by atoms with Crippen molar-refractivity contribution < 1.29 is 9.59 Å². The predicted octanol–water partition coefficient (Wildman–Crippen LogP) is 6.46. The molecule has 0 bridgehead atoms. The quantitative estimate of drug-likeness (QED) is 0.212. The number of anilines is 5. The smallest absolute Gasteiger partial charge is 0.323 e. The molecule has 7 nitrogen and oxygen atoms in total. The molecule has 2 heterocycles. The minimum atomic E-state index is -0.326. The Morgan fingerprint density at radius 1 is 0.886 bits per heavy atom. The minimum Gasteiger partial charge on any atom is -0.362 e. The number of fused-ring (bicyclic) bond motifs is 1. The first kappa shape index (κ1) is 22.0. The number of para-hydroxylation sites is 2. The van der Waals surface area contributed by atoms with Crippen LogP contribution < -0.4 is 21.3 Å². The molecule has 0 radical (unpaired) electrons. The SMILES string of the molecule is CCc1cccc(NC(=O)Nc2ccccc2Nc2ccc3c(c2)NC(=O)C3=Cc2ccc[nH]2)c1. The monoisotopic (exact) mass is 463 g/mol. The molecule has 0 saturated carbocycles. The van der Waals surface area contributed by atoms with Crippen molar-refractivity contribution in [3.63, 3.8) is 0 Å². The van der Waals surface area contributed by atoms with Crippen molar-refractivity contribution in [1.29, 1.82) is 0 Å². The maximum absolute atomic E-state index is 12.6. The van der Waals surface area contributed by atoms with Crippen molar-refractivity contribution in [2.45, 2.75) is 13.3 Å². The summed E-state index contributed by atoms with van der Waals surface area (Å²) in [5.41, 5.74) is 7.10. The number of urea groups is 1. The van der Waals surface area contributed by atoms with Crippen molar-refractivity contribution in [3.8, 4) is 0 Å². The number of aromatic amines is 1. The van der Waals surface area contributed by atoms with Gasteiger partial charge in [0.15, 0.2) is 0 Å². The first-order valence-corrected chi connectivity index (χ1v) is 11.4. The summed E-state index contributed by atoms with van der Waals surface area (Å²) in [5.74, 6) is -0.141. The molecular weight excluding hydrogens is 438 g/mol. The van der Waals surface area contributed by atoms with E-state index in [-0.39, 0.29) is 11.9 Å². The summed E-state index contributed by atoms with van der Waals surface area (Å²) in [6.07, 6.45) is 4.55.